The fraction of sp³-hybridized carbons (Fsp3) is 0.375. The Balaban J connectivity index is 1.47. The summed E-state index contributed by atoms with van der Waals surface area (Å²) in [6.07, 6.45) is 1.37. The number of aromatic nitrogens is 4. The molecule has 2 aromatic heterocycles. The van der Waals surface area contributed by atoms with Gasteiger partial charge in [-0.2, -0.15) is 8.78 Å². The fourth-order valence-electron chi connectivity index (χ4n) is 2.94. The van der Waals surface area contributed by atoms with Crippen LogP contribution in [-0.4, -0.2) is 37.1 Å². The highest BCUT2D eigenvalue weighted by Gasteiger charge is 2.23. The Morgan fingerprint density at radius 2 is 2.12 bits per heavy atom. The molecule has 26 heavy (non-hydrogen) atoms. The Kier molecular flexibility index (Phi) is 4.58. The molecule has 0 unspecified atom stereocenters. The molecule has 1 amide bonds. The molecular weight excluding hydrogens is 364 g/mol. The number of para-hydroxylation sites is 2. The molecule has 0 N–H and O–H groups in total. The Labute approximate surface area is 151 Å². The Morgan fingerprint density at radius 1 is 1.27 bits per heavy atom. The number of fused-ring (bicyclic) bond motifs is 1. The van der Waals surface area contributed by atoms with Crippen molar-refractivity contribution in [2.24, 2.45) is 0 Å². The van der Waals surface area contributed by atoms with Gasteiger partial charge < -0.3 is 9.32 Å². The minimum absolute atomic E-state index is 0.0723. The number of carbonyl (C=O) groups is 1. The van der Waals surface area contributed by atoms with Gasteiger partial charge in [0, 0.05) is 13.0 Å². The third-order valence-corrected chi connectivity index (χ3v) is 4.95. The predicted octanol–water partition coefficient (Wildman–Crippen LogP) is 3.23. The van der Waals surface area contributed by atoms with Crippen molar-refractivity contribution in [3.63, 3.8) is 0 Å². The summed E-state index contributed by atoms with van der Waals surface area (Å²) in [6, 6.07) is 6.76. The number of halogens is 2. The number of hydrogen-bond acceptors (Lipinski definition) is 6. The second-order valence-electron chi connectivity index (χ2n) is 5.83. The zero-order chi connectivity index (χ0) is 18.1. The highest BCUT2D eigenvalue weighted by atomic mass is 32.2. The largest absolute Gasteiger partial charge is 0.414 e. The summed E-state index contributed by atoms with van der Waals surface area (Å²) in [4.78, 5) is 17.6. The second kappa shape index (κ2) is 7.02. The normalized spacial score (nSPS) is 14.9. The molecule has 1 fully saturated rings. The van der Waals surface area contributed by atoms with Crippen molar-refractivity contribution in [2.45, 2.75) is 36.9 Å². The lowest BCUT2D eigenvalue weighted by molar-refractivity contribution is -0.128. The van der Waals surface area contributed by atoms with E-state index in [1.54, 1.807) is 29.2 Å². The first kappa shape index (κ1) is 17.0. The smallest absolute Gasteiger partial charge is 0.320 e. The van der Waals surface area contributed by atoms with Crippen molar-refractivity contribution >= 4 is 28.7 Å². The molecule has 0 aliphatic carbocycles. The minimum atomic E-state index is -2.68. The molecule has 0 spiro atoms. The monoisotopic (exact) mass is 379 g/mol. The van der Waals surface area contributed by atoms with Gasteiger partial charge in [0.15, 0.2) is 0 Å². The predicted molar refractivity (Wildman–Crippen MR) is 89.5 cm³/mol. The summed E-state index contributed by atoms with van der Waals surface area (Å²) < 4.78 is 33.2. The van der Waals surface area contributed by atoms with Crippen LogP contribution in [0.5, 0.6) is 0 Å². The van der Waals surface area contributed by atoms with Crippen LogP contribution in [0.2, 0.25) is 0 Å². The van der Waals surface area contributed by atoms with Gasteiger partial charge in [-0.1, -0.05) is 23.9 Å². The quantitative estimate of drug-likeness (QED) is 0.612. The third kappa shape index (κ3) is 3.28. The number of thioether (sulfide) groups is 1. The van der Waals surface area contributed by atoms with Gasteiger partial charge in [0.05, 0.1) is 23.3 Å². The molecule has 0 saturated carbocycles. The van der Waals surface area contributed by atoms with Crippen LogP contribution < -0.4 is 0 Å². The summed E-state index contributed by atoms with van der Waals surface area (Å²) in [5.74, 6) is 0.817. The molecule has 3 heterocycles. The van der Waals surface area contributed by atoms with Crippen LogP contribution in [0.4, 0.5) is 8.78 Å². The maximum Gasteiger partial charge on any atom is 0.320 e. The Morgan fingerprint density at radius 3 is 2.88 bits per heavy atom. The first-order valence-electron chi connectivity index (χ1n) is 8.09. The molecule has 0 atom stereocenters. The topological polar surface area (TPSA) is 77.1 Å². The SMILES string of the molecule is O=C1CCCN1Cc1nnc(SCc2nc3ccccc3n2C(F)F)o1. The van der Waals surface area contributed by atoms with Gasteiger partial charge in [-0.05, 0) is 18.6 Å². The highest BCUT2D eigenvalue weighted by molar-refractivity contribution is 7.98. The number of rotatable bonds is 6. The van der Waals surface area contributed by atoms with Crippen LogP contribution in [0, 0.1) is 0 Å². The number of alkyl halides is 2. The van der Waals surface area contributed by atoms with Crippen LogP contribution in [-0.2, 0) is 17.1 Å². The number of hydrogen-bond donors (Lipinski definition) is 0. The number of imidazole rings is 1. The van der Waals surface area contributed by atoms with Gasteiger partial charge in [-0.3, -0.25) is 9.36 Å². The maximum absolute atomic E-state index is 13.4. The van der Waals surface area contributed by atoms with E-state index in [1.165, 1.54) is 0 Å². The number of nitrogens with zero attached hydrogens (tertiary/aromatic N) is 5. The first-order chi connectivity index (χ1) is 12.6. The summed E-state index contributed by atoms with van der Waals surface area (Å²) in [7, 11) is 0. The van der Waals surface area contributed by atoms with Crippen molar-refractivity contribution in [1.29, 1.82) is 0 Å². The van der Waals surface area contributed by atoms with E-state index < -0.39 is 6.55 Å². The van der Waals surface area contributed by atoms with Gasteiger partial charge in [-0.15, -0.1) is 10.2 Å². The molecule has 0 radical (unpaired) electrons. The van der Waals surface area contributed by atoms with Crippen molar-refractivity contribution in [3.05, 3.63) is 36.0 Å². The average Bonchev–Trinajstić information content (AvgIpc) is 3.32. The van der Waals surface area contributed by atoms with E-state index >= 15 is 0 Å². The molecule has 10 heteroatoms. The van der Waals surface area contributed by atoms with Gasteiger partial charge in [0.1, 0.15) is 5.82 Å². The van der Waals surface area contributed by atoms with Gasteiger partial charge in [0.2, 0.25) is 11.8 Å². The van der Waals surface area contributed by atoms with E-state index in [1.807, 2.05) is 0 Å². The molecule has 1 aliphatic rings. The van der Waals surface area contributed by atoms with E-state index in [0.717, 1.165) is 22.7 Å². The zero-order valence-corrected chi connectivity index (χ0v) is 14.5. The zero-order valence-electron chi connectivity index (χ0n) is 13.6. The van der Waals surface area contributed by atoms with Gasteiger partial charge in [-0.25, -0.2) is 4.98 Å². The number of likely N-dealkylation sites (tertiary alicyclic amines) is 1. The standard InChI is InChI=1S/C16H15F2N5O2S/c17-15(18)23-11-5-2-1-4-10(11)19-12(23)9-26-16-21-20-13(25-16)8-22-7-3-6-14(22)24/h1-2,4-5,15H,3,6-9H2. The van der Waals surface area contributed by atoms with E-state index in [-0.39, 0.29) is 29.3 Å². The van der Waals surface area contributed by atoms with Crippen LogP contribution in [0.1, 0.15) is 31.1 Å². The maximum atomic E-state index is 13.4. The second-order valence-corrected chi connectivity index (χ2v) is 6.76. The molecule has 1 aliphatic heterocycles. The number of amides is 1. The molecular formula is C16H15F2N5O2S. The Hall–Kier alpha value is -2.49. The van der Waals surface area contributed by atoms with Crippen molar-refractivity contribution in [2.75, 3.05) is 6.54 Å². The lowest BCUT2D eigenvalue weighted by Crippen LogP contribution is -2.23. The molecule has 136 valence electrons. The molecule has 0 bridgehead atoms. The highest BCUT2D eigenvalue weighted by Crippen LogP contribution is 2.28. The molecule has 7 nitrogen and oxygen atoms in total. The van der Waals surface area contributed by atoms with Crippen molar-refractivity contribution in [1.82, 2.24) is 24.6 Å². The third-order valence-electron chi connectivity index (χ3n) is 4.13. The number of carbonyl (C=O) groups excluding carboxylic acids is 1. The van der Waals surface area contributed by atoms with Crippen LogP contribution in [0.15, 0.2) is 33.9 Å². The molecule has 4 rings (SSSR count). The lowest BCUT2D eigenvalue weighted by Gasteiger charge is -2.11. The van der Waals surface area contributed by atoms with E-state index in [0.29, 0.717) is 29.9 Å². The van der Waals surface area contributed by atoms with Gasteiger partial charge >= 0.3 is 6.55 Å². The summed E-state index contributed by atoms with van der Waals surface area (Å²) >= 11 is 1.14. The summed E-state index contributed by atoms with van der Waals surface area (Å²) in [5, 5.41) is 8.09. The van der Waals surface area contributed by atoms with E-state index in [2.05, 4.69) is 15.2 Å². The van der Waals surface area contributed by atoms with E-state index in [4.69, 9.17) is 4.42 Å². The number of benzene rings is 1. The summed E-state index contributed by atoms with van der Waals surface area (Å²) in [6.45, 7) is -1.72. The first-order valence-corrected chi connectivity index (χ1v) is 9.07. The van der Waals surface area contributed by atoms with Crippen molar-refractivity contribution < 1.29 is 18.0 Å². The Bertz CT molecular complexity index is 942. The summed E-state index contributed by atoms with van der Waals surface area (Å²) in [5.41, 5.74) is 0.902. The van der Waals surface area contributed by atoms with Crippen LogP contribution in [0.25, 0.3) is 11.0 Å². The van der Waals surface area contributed by atoms with Gasteiger partial charge in [0.25, 0.3) is 5.22 Å². The van der Waals surface area contributed by atoms with Crippen molar-refractivity contribution in [3.8, 4) is 0 Å². The fourth-order valence-corrected chi connectivity index (χ4v) is 3.65. The molecule has 1 aromatic carbocycles. The average molecular weight is 379 g/mol. The van der Waals surface area contributed by atoms with Crippen LogP contribution in [0.3, 0.4) is 0 Å². The van der Waals surface area contributed by atoms with Crippen LogP contribution >= 0.6 is 11.8 Å². The minimum Gasteiger partial charge on any atom is -0.414 e. The van der Waals surface area contributed by atoms with E-state index in [9.17, 15) is 13.6 Å². The molecule has 3 aromatic rings. The lowest BCUT2D eigenvalue weighted by atomic mass is 10.3. The molecule has 1 saturated heterocycles.